The van der Waals surface area contributed by atoms with Gasteiger partial charge in [0.25, 0.3) is 0 Å². The van der Waals surface area contributed by atoms with E-state index in [0.29, 0.717) is 6.42 Å². The summed E-state index contributed by atoms with van der Waals surface area (Å²) in [5.74, 6) is -0.0735. The van der Waals surface area contributed by atoms with Crippen molar-refractivity contribution in [2.45, 2.75) is 77.9 Å². The summed E-state index contributed by atoms with van der Waals surface area (Å²) < 4.78 is 5.47. The zero-order chi connectivity index (χ0) is 12.9. The molecule has 17 heavy (non-hydrogen) atoms. The lowest BCUT2D eigenvalue weighted by Crippen LogP contribution is -2.40. The van der Waals surface area contributed by atoms with Gasteiger partial charge >= 0.3 is 5.97 Å². The third-order valence-electron chi connectivity index (χ3n) is 3.70. The highest BCUT2D eigenvalue weighted by Crippen LogP contribution is 2.36. The predicted molar refractivity (Wildman–Crippen MR) is 67.7 cm³/mol. The molecular weight excluding hydrogens is 216 g/mol. The van der Waals surface area contributed by atoms with E-state index in [1.54, 1.807) is 0 Å². The molecule has 1 aliphatic carbocycles. The summed E-state index contributed by atoms with van der Waals surface area (Å²) in [6, 6.07) is 0. The van der Waals surface area contributed by atoms with Crippen LogP contribution in [0.3, 0.4) is 0 Å². The molecule has 1 rings (SSSR count). The van der Waals surface area contributed by atoms with E-state index in [9.17, 15) is 9.90 Å². The number of hydrogen-bond donors (Lipinski definition) is 1. The van der Waals surface area contributed by atoms with Crippen LogP contribution in [0.4, 0.5) is 0 Å². The fourth-order valence-corrected chi connectivity index (χ4v) is 2.42. The topological polar surface area (TPSA) is 46.5 Å². The number of hydrogen-bond acceptors (Lipinski definition) is 3. The Morgan fingerprint density at radius 2 is 2.06 bits per heavy atom. The Bertz CT molecular complexity index is 248. The van der Waals surface area contributed by atoms with Crippen molar-refractivity contribution in [1.29, 1.82) is 0 Å². The molecule has 2 atom stereocenters. The summed E-state index contributed by atoms with van der Waals surface area (Å²) in [6.45, 7) is 6.19. The van der Waals surface area contributed by atoms with Crippen LogP contribution in [0.25, 0.3) is 0 Å². The number of carbonyl (C=O) groups is 1. The van der Waals surface area contributed by atoms with E-state index in [-0.39, 0.29) is 23.6 Å². The van der Waals surface area contributed by atoms with E-state index in [1.165, 1.54) is 0 Å². The largest absolute Gasteiger partial charge is 0.462 e. The lowest BCUT2D eigenvalue weighted by Gasteiger charge is -2.39. The zero-order valence-corrected chi connectivity index (χ0v) is 11.4. The molecule has 1 fully saturated rings. The van der Waals surface area contributed by atoms with Gasteiger partial charge in [0.1, 0.15) is 6.10 Å². The van der Waals surface area contributed by atoms with Gasteiger partial charge in [-0.3, -0.25) is 4.79 Å². The van der Waals surface area contributed by atoms with E-state index in [4.69, 9.17) is 4.74 Å². The number of aliphatic hydroxyl groups is 1. The molecule has 0 aromatic carbocycles. The molecule has 1 N–H and O–H groups in total. The van der Waals surface area contributed by atoms with Crippen molar-refractivity contribution < 1.29 is 14.6 Å². The summed E-state index contributed by atoms with van der Waals surface area (Å²) in [6.07, 6.45) is 5.71. The second-order valence-electron chi connectivity index (χ2n) is 5.85. The van der Waals surface area contributed by atoms with Crippen LogP contribution < -0.4 is 0 Å². The molecule has 0 aromatic rings. The maximum absolute atomic E-state index is 11.6. The number of aliphatic hydroxyl groups excluding tert-OH is 1. The molecule has 0 aliphatic heterocycles. The van der Waals surface area contributed by atoms with Crippen LogP contribution >= 0.6 is 0 Å². The van der Waals surface area contributed by atoms with Gasteiger partial charge in [-0.1, -0.05) is 33.6 Å². The molecule has 0 amide bonds. The summed E-state index contributed by atoms with van der Waals surface area (Å²) >= 11 is 0. The van der Waals surface area contributed by atoms with Crippen LogP contribution in [0.15, 0.2) is 0 Å². The molecule has 2 unspecified atom stereocenters. The van der Waals surface area contributed by atoms with Crippen molar-refractivity contribution in [3.05, 3.63) is 0 Å². The van der Waals surface area contributed by atoms with Gasteiger partial charge in [0.2, 0.25) is 0 Å². The standard InChI is InChI=1S/C14H26O3/c1-4-5-6-7-13(16)17-11-8-9-12(15)14(2,3)10-11/h11-12,15H,4-10H2,1-3H3. The number of carbonyl (C=O) groups excluding carboxylic acids is 1. The van der Waals surface area contributed by atoms with Crippen LogP contribution in [-0.2, 0) is 9.53 Å². The molecule has 1 saturated carbocycles. The Morgan fingerprint density at radius 3 is 2.65 bits per heavy atom. The maximum atomic E-state index is 11.6. The molecule has 0 saturated heterocycles. The van der Waals surface area contributed by atoms with Crippen molar-refractivity contribution in [3.63, 3.8) is 0 Å². The van der Waals surface area contributed by atoms with E-state index in [2.05, 4.69) is 6.92 Å². The monoisotopic (exact) mass is 242 g/mol. The first-order valence-corrected chi connectivity index (χ1v) is 6.83. The zero-order valence-electron chi connectivity index (χ0n) is 11.4. The van der Waals surface area contributed by atoms with E-state index < -0.39 is 0 Å². The number of esters is 1. The number of unbranched alkanes of at least 4 members (excludes halogenated alkanes) is 2. The molecule has 3 heteroatoms. The quantitative estimate of drug-likeness (QED) is 0.595. The third-order valence-corrected chi connectivity index (χ3v) is 3.70. The second-order valence-corrected chi connectivity index (χ2v) is 5.85. The first kappa shape index (κ1) is 14.5. The summed E-state index contributed by atoms with van der Waals surface area (Å²) in [5, 5.41) is 9.82. The highest BCUT2D eigenvalue weighted by Gasteiger charge is 2.37. The molecule has 3 nitrogen and oxygen atoms in total. The molecule has 0 radical (unpaired) electrons. The number of rotatable bonds is 5. The average Bonchev–Trinajstić information content (AvgIpc) is 2.23. The smallest absolute Gasteiger partial charge is 0.306 e. The van der Waals surface area contributed by atoms with Crippen LogP contribution in [0.1, 0.15) is 65.7 Å². The Balaban J connectivity index is 2.30. The van der Waals surface area contributed by atoms with Crippen LogP contribution in [0, 0.1) is 5.41 Å². The average molecular weight is 242 g/mol. The minimum Gasteiger partial charge on any atom is -0.462 e. The summed E-state index contributed by atoms with van der Waals surface area (Å²) in [5.41, 5.74) is -0.132. The predicted octanol–water partition coefficient (Wildman–Crippen LogP) is 3.05. The SMILES string of the molecule is CCCCCC(=O)OC1CCC(O)C(C)(C)C1. The molecule has 1 aliphatic rings. The normalized spacial score (nSPS) is 27.8. The van der Waals surface area contributed by atoms with Gasteiger partial charge in [0, 0.05) is 6.42 Å². The molecule has 0 bridgehead atoms. The Kier molecular flexibility index (Phi) is 5.44. The van der Waals surface area contributed by atoms with E-state index in [1.807, 2.05) is 13.8 Å². The van der Waals surface area contributed by atoms with Gasteiger partial charge in [-0.2, -0.15) is 0 Å². The molecular formula is C14H26O3. The van der Waals surface area contributed by atoms with Crippen molar-refractivity contribution in [3.8, 4) is 0 Å². The van der Waals surface area contributed by atoms with Gasteiger partial charge in [0.15, 0.2) is 0 Å². The van der Waals surface area contributed by atoms with Crippen LogP contribution in [0.5, 0.6) is 0 Å². The summed E-state index contributed by atoms with van der Waals surface area (Å²) in [4.78, 5) is 11.6. The maximum Gasteiger partial charge on any atom is 0.306 e. The summed E-state index contributed by atoms with van der Waals surface area (Å²) in [7, 11) is 0. The van der Waals surface area contributed by atoms with Gasteiger partial charge in [-0.15, -0.1) is 0 Å². The van der Waals surface area contributed by atoms with E-state index in [0.717, 1.165) is 38.5 Å². The minimum absolute atomic E-state index is 0.00234. The Labute approximate surface area is 105 Å². The van der Waals surface area contributed by atoms with Crippen molar-refractivity contribution in [2.24, 2.45) is 5.41 Å². The van der Waals surface area contributed by atoms with Crippen LogP contribution in [0.2, 0.25) is 0 Å². The fraction of sp³-hybridized carbons (Fsp3) is 0.929. The third kappa shape index (κ3) is 4.66. The Morgan fingerprint density at radius 1 is 1.35 bits per heavy atom. The highest BCUT2D eigenvalue weighted by atomic mass is 16.5. The lowest BCUT2D eigenvalue weighted by molar-refractivity contribution is -0.155. The number of ether oxygens (including phenoxy) is 1. The van der Waals surface area contributed by atoms with Gasteiger partial charge in [-0.25, -0.2) is 0 Å². The minimum atomic E-state index is -0.266. The first-order valence-electron chi connectivity index (χ1n) is 6.83. The molecule has 0 spiro atoms. The van der Waals surface area contributed by atoms with E-state index >= 15 is 0 Å². The Hall–Kier alpha value is -0.570. The molecule has 0 aromatic heterocycles. The first-order chi connectivity index (χ1) is 7.95. The van der Waals surface area contributed by atoms with Crippen LogP contribution in [-0.4, -0.2) is 23.3 Å². The van der Waals surface area contributed by atoms with Gasteiger partial charge in [0.05, 0.1) is 6.10 Å². The molecule has 0 heterocycles. The van der Waals surface area contributed by atoms with Crippen molar-refractivity contribution in [2.75, 3.05) is 0 Å². The van der Waals surface area contributed by atoms with Gasteiger partial charge < -0.3 is 9.84 Å². The lowest BCUT2D eigenvalue weighted by atomic mass is 9.74. The van der Waals surface area contributed by atoms with Gasteiger partial charge in [-0.05, 0) is 31.1 Å². The van der Waals surface area contributed by atoms with Crippen molar-refractivity contribution in [1.82, 2.24) is 0 Å². The molecule has 100 valence electrons. The highest BCUT2D eigenvalue weighted by molar-refractivity contribution is 5.69. The van der Waals surface area contributed by atoms with Crippen molar-refractivity contribution >= 4 is 5.97 Å². The second kappa shape index (κ2) is 6.39. The fourth-order valence-electron chi connectivity index (χ4n) is 2.42.